The summed E-state index contributed by atoms with van der Waals surface area (Å²) < 4.78 is 11.1. The van der Waals surface area contributed by atoms with Gasteiger partial charge in [-0.15, -0.1) is 0 Å². The lowest BCUT2D eigenvalue weighted by Crippen LogP contribution is -2.15. The predicted octanol–water partition coefficient (Wildman–Crippen LogP) is 3.58. The molecule has 0 saturated carbocycles. The van der Waals surface area contributed by atoms with Crippen LogP contribution in [0.5, 0.6) is 11.5 Å². The summed E-state index contributed by atoms with van der Waals surface area (Å²) in [6.07, 6.45) is 0. The van der Waals surface area contributed by atoms with Crippen molar-refractivity contribution >= 4 is 11.3 Å². The van der Waals surface area contributed by atoms with Gasteiger partial charge in [-0.05, 0) is 23.3 Å². The van der Waals surface area contributed by atoms with E-state index in [4.69, 9.17) is 9.47 Å². The molecular weight excluding hydrogens is 250 g/mol. The van der Waals surface area contributed by atoms with E-state index in [1.165, 1.54) is 0 Å². The molecule has 0 atom stereocenters. The normalized spacial score (nSPS) is 12.8. The molecule has 1 aliphatic rings. The van der Waals surface area contributed by atoms with E-state index in [1.54, 1.807) is 0 Å². The maximum atomic E-state index is 5.57. The highest BCUT2D eigenvalue weighted by atomic mass is 16.6. The Kier molecular flexibility index (Phi) is 3.59. The van der Waals surface area contributed by atoms with Gasteiger partial charge in [0.2, 0.25) is 0 Å². The van der Waals surface area contributed by atoms with E-state index in [-0.39, 0.29) is 0 Å². The molecule has 0 fully saturated rings. The Morgan fingerprint density at radius 3 is 2.55 bits per heavy atom. The van der Waals surface area contributed by atoms with Gasteiger partial charge >= 0.3 is 0 Å². The predicted molar refractivity (Wildman–Crippen MR) is 81.4 cm³/mol. The molecular formula is C17H17NO2. The first-order valence-electron chi connectivity index (χ1n) is 6.69. The molecule has 2 aromatic carbocycles. The van der Waals surface area contributed by atoms with Crippen LogP contribution in [0.15, 0.2) is 55.1 Å². The number of hydrogen-bond acceptors (Lipinski definition) is 3. The molecule has 1 aliphatic heterocycles. The lowest BCUT2D eigenvalue weighted by molar-refractivity contribution is 0.171. The standard InChI is InChI=1S/C17H17NO2/c1-13(14-5-3-2-4-6-14)12-18-15-7-8-16-17(11-15)20-10-9-19-16/h2-8,11,18H,1,9-10,12H2. The molecule has 0 bridgehead atoms. The average Bonchev–Trinajstić information content (AvgIpc) is 2.53. The summed E-state index contributed by atoms with van der Waals surface area (Å²) in [4.78, 5) is 0. The first-order chi connectivity index (χ1) is 9.83. The smallest absolute Gasteiger partial charge is 0.163 e. The van der Waals surface area contributed by atoms with Crippen molar-refractivity contribution < 1.29 is 9.47 Å². The lowest BCUT2D eigenvalue weighted by atomic mass is 10.1. The van der Waals surface area contributed by atoms with Crippen LogP contribution in [0.25, 0.3) is 5.57 Å². The highest BCUT2D eigenvalue weighted by molar-refractivity contribution is 5.68. The van der Waals surface area contributed by atoms with Gasteiger partial charge in [0.15, 0.2) is 11.5 Å². The van der Waals surface area contributed by atoms with Crippen molar-refractivity contribution in [3.05, 3.63) is 60.7 Å². The minimum Gasteiger partial charge on any atom is -0.486 e. The van der Waals surface area contributed by atoms with Crippen LogP contribution < -0.4 is 14.8 Å². The molecule has 1 heterocycles. The fraction of sp³-hybridized carbons (Fsp3) is 0.176. The summed E-state index contributed by atoms with van der Waals surface area (Å²) in [5.41, 5.74) is 3.21. The van der Waals surface area contributed by atoms with Crippen molar-refractivity contribution in [3.8, 4) is 11.5 Å². The van der Waals surface area contributed by atoms with Crippen LogP contribution >= 0.6 is 0 Å². The van der Waals surface area contributed by atoms with E-state index in [0.717, 1.165) is 28.3 Å². The maximum Gasteiger partial charge on any atom is 0.163 e. The Morgan fingerprint density at radius 1 is 1.00 bits per heavy atom. The van der Waals surface area contributed by atoms with Crippen LogP contribution in [-0.4, -0.2) is 19.8 Å². The molecule has 0 unspecified atom stereocenters. The van der Waals surface area contributed by atoms with E-state index in [0.29, 0.717) is 19.8 Å². The molecule has 3 heteroatoms. The zero-order valence-corrected chi connectivity index (χ0v) is 11.3. The monoisotopic (exact) mass is 267 g/mol. The van der Waals surface area contributed by atoms with E-state index in [1.807, 2.05) is 36.4 Å². The van der Waals surface area contributed by atoms with Gasteiger partial charge in [0.05, 0.1) is 0 Å². The summed E-state index contributed by atoms with van der Waals surface area (Å²) in [5, 5.41) is 3.36. The quantitative estimate of drug-likeness (QED) is 0.918. The van der Waals surface area contributed by atoms with Gasteiger partial charge in [-0.3, -0.25) is 0 Å². The number of anilines is 1. The van der Waals surface area contributed by atoms with E-state index in [9.17, 15) is 0 Å². The van der Waals surface area contributed by atoms with Gasteiger partial charge in [-0.25, -0.2) is 0 Å². The van der Waals surface area contributed by atoms with Gasteiger partial charge in [-0.1, -0.05) is 36.9 Å². The van der Waals surface area contributed by atoms with Crippen molar-refractivity contribution in [2.75, 3.05) is 25.1 Å². The van der Waals surface area contributed by atoms with Crippen molar-refractivity contribution in [3.63, 3.8) is 0 Å². The van der Waals surface area contributed by atoms with Crippen molar-refractivity contribution in [1.82, 2.24) is 0 Å². The number of benzene rings is 2. The topological polar surface area (TPSA) is 30.5 Å². The second-order valence-electron chi connectivity index (χ2n) is 4.68. The Hall–Kier alpha value is -2.42. The van der Waals surface area contributed by atoms with Crippen LogP contribution in [0.3, 0.4) is 0 Å². The molecule has 2 aromatic rings. The molecule has 3 nitrogen and oxygen atoms in total. The highest BCUT2D eigenvalue weighted by Gasteiger charge is 2.11. The third-order valence-electron chi connectivity index (χ3n) is 3.23. The minimum absolute atomic E-state index is 0.604. The average molecular weight is 267 g/mol. The van der Waals surface area contributed by atoms with E-state index < -0.39 is 0 Å². The maximum absolute atomic E-state index is 5.57. The zero-order chi connectivity index (χ0) is 13.8. The fourth-order valence-corrected chi connectivity index (χ4v) is 2.14. The van der Waals surface area contributed by atoms with Crippen molar-refractivity contribution in [2.45, 2.75) is 0 Å². The number of nitrogens with one attached hydrogen (secondary N) is 1. The molecule has 0 amide bonds. The second kappa shape index (κ2) is 5.70. The van der Waals surface area contributed by atoms with Crippen LogP contribution in [0.2, 0.25) is 0 Å². The molecule has 0 saturated heterocycles. The van der Waals surface area contributed by atoms with Crippen molar-refractivity contribution in [2.24, 2.45) is 0 Å². The molecule has 102 valence electrons. The number of ether oxygens (including phenoxy) is 2. The van der Waals surface area contributed by atoms with Crippen LogP contribution in [0, 0.1) is 0 Å². The van der Waals surface area contributed by atoms with Gasteiger partial charge in [0.25, 0.3) is 0 Å². The van der Waals surface area contributed by atoms with Crippen LogP contribution in [0.4, 0.5) is 5.69 Å². The van der Waals surface area contributed by atoms with E-state index >= 15 is 0 Å². The largest absolute Gasteiger partial charge is 0.486 e. The molecule has 0 aliphatic carbocycles. The highest BCUT2D eigenvalue weighted by Crippen LogP contribution is 2.32. The van der Waals surface area contributed by atoms with Crippen molar-refractivity contribution in [1.29, 1.82) is 0 Å². The Labute approximate surface area is 118 Å². The van der Waals surface area contributed by atoms with Gasteiger partial charge in [0.1, 0.15) is 13.2 Å². The summed E-state index contributed by atoms with van der Waals surface area (Å²) in [5.74, 6) is 1.61. The molecule has 1 N–H and O–H groups in total. The Morgan fingerprint density at radius 2 is 1.75 bits per heavy atom. The molecule has 0 radical (unpaired) electrons. The third kappa shape index (κ3) is 2.77. The fourth-order valence-electron chi connectivity index (χ4n) is 2.14. The summed E-state index contributed by atoms with van der Waals surface area (Å²) in [7, 11) is 0. The first-order valence-corrected chi connectivity index (χ1v) is 6.69. The summed E-state index contributed by atoms with van der Waals surface area (Å²) in [6, 6.07) is 16.1. The zero-order valence-electron chi connectivity index (χ0n) is 11.3. The van der Waals surface area contributed by atoms with E-state index in [2.05, 4.69) is 24.0 Å². The number of rotatable bonds is 4. The third-order valence-corrected chi connectivity index (χ3v) is 3.23. The lowest BCUT2D eigenvalue weighted by Gasteiger charge is -2.19. The van der Waals surface area contributed by atoms with Crippen LogP contribution in [0.1, 0.15) is 5.56 Å². The van der Waals surface area contributed by atoms with Gasteiger partial charge in [-0.2, -0.15) is 0 Å². The van der Waals surface area contributed by atoms with Gasteiger partial charge < -0.3 is 14.8 Å². The Balaban J connectivity index is 1.65. The molecule has 0 spiro atoms. The summed E-state index contributed by atoms with van der Waals surface area (Å²) >= 11 is 0. The first kappa shape index (κ1) is 12.6. The molecule has 3 rings (SSSR count). The van der Waals surface area contributed by atoms with Gasteiger partial charge in [0, 0.05) is 18.3 Å². The molecule has 0 aromatic heterocycles. The Bertz CT molecular complexity index is 608. The second-order valence-corrected chi connectivity index (χ2v) is 4.68. The van der Waals surface area contributed by atoms with Crippen LogP contribution in [-0.2, 0) is 0 Å². The molecule has 20 heavy (non-hydrogen) atoms. The minimum atomic E-state index is 0.604. The number of hydrogen-bond donors (Lipinski definition) is 1. The summed E-state index contributed by atoms with van der Waals surface area (Å²) in [6.45, 7) is 6.03. The number of fused-ring (bicyclic) bond motifs is 1. The SMILES string of the molecule is C=C(CNc1ccc2c(c1)OCCO2)c1ccccc1.